The minimum absolute atomic E-state index is 0.566. The fourth-order valence-corrected chi connectivity index (χ4v) is 0.894. The summed E-state index contributed by atoms with van der Waals surface area (Å²) >= 11 is 0. The number of hydrogen-bond donors (Lipinski definition) is 2. The van der Waals surface area contributed by atoms with Crippen LogP contribution >= 0.6 is 7.60 Å². The van der Waals surface area contributed by atoms with Gasteiger partial charge in [-0.3, -0.25) is 4.57 Å². The van der Waals surface area contributed by atoms with E-state index >= 15 is 0 Å². The maximum absolute atomic E-state index is 10.5. The Kier molecular flexibility index (Phi) is 4.29. The number of isocyanates is 2. The Morgan fingerprint density at radius 1 is 1.33 bits per heavy atom. The van der Waals surface area contributed by atoms with Gasteiger partial charge in [-0.05, 0) is 0 Å². The average Bonchev–Trinajstić information content (AvgIpc) is 1.95. The second kappa shape index (κ2) is 4.72. The Morgan fingerprint density at radius 3 is 2.25 bits per heavy atom. The van der Waals surface area contributed by atoms with Gasteiger partial charge < -0.3 is 9.79 Å². The molecular formula is C4H5N2O5P. The molecule has 0 rings (SSSR count). The van der Waals surface area contributed by atoms with Crippen LogP contribution in [0.3, 0.4) is 0 Å². The predicted octanol–water partition coefficient (Wildman–Crippen LogP) is -0.838. The highest BCUT2D eigenvalue weighted by atomic mass is 31.2. The molecule has 0 aliphatic carbocycles. The Hall–Kier alpha value is -1.09. The molecule has 0 saturated carbocycles. The van der Waals surface area contributed by atoms with Crippen molar-refractivity contribution in [2.75, 3.05) is 6.54 Å². The molecule has 1 unspecified atom stereocenters. The Labute approximate surface area is 67.0 Å². The zero-order valence-corrected chi connectivity index (χ0v) is 6.64. The van der Waals surface area contributed by atoms with Crippen LogP contribution < -0.4 is 0 Å². The largest absolute Gasteiger partial charge is 0.352 e. The van der Waals surface area contributed by atoms with Crippen molar-refractivity contribution in [3.05, 3.63) is 0 Å². The van der Waals surface area contributed by atoms with Crippen LogP contribution in [0.4, 0.5) is 0 Å². The van der Waals surface area contributed by atoms with Crippen LogP contribution in [0.25, 0.3) is 0 Å². The molecular weight excluding hydrogens is 187 g/mol. The predicted molar refractivity (Wildman–Crippen MR) is 36.9 cm³/mol. The van der Waals surface area contributed by atoms with E-state index in [1.807, 2.05) is 0 Å². The normalized spacial score (nSPS) is 12.5. The van der Waals surface area contributed by atoms with Gasteiger partial charge in [-0.1, -0.05) is 0 Å². The number of hydrogen-bond acceptors (Lipinski definition) is 5. The lowest BCUT2D eigenvalue weighted by Gasteiger charge is -2.07. The highest BCUT2D eigenvalue weighted by Crippen LogP contribution is 2.41. The topological polar surface area (TPSA) is 116 Å². The maximum Gasteiger partial charge on any atom is 0.352 e. The minimum atomic E-state index is -4.52. The lowest BCUT2D eigenvalue weighted by Crippen LogP contribution is -2.08. The average molecular weight is 192 g/mol. The van der Waals surface area contributed by atoms with Crippen molar-refractivity contribution >= 4 is 19.8 Å². The Balaban J connectivity index is 4.55. The third-order valence-electron chi connectivity index (χ3n) is 0.909. The summed E-state index contributed by atoms with van der Waals surface area (Å²) in [4.78, 5) is 41.9. The van der Waals surface area contributed by atoms with E-state index in [0.29, 0.717) is 0 Å². The second-order valence-electron chi connectivity index (χ2n) is 1.72. The molecule has 1 atom stereocenters. The van der Waals surface area contributed by atoms with Crippen molar-refractivity contribution in [1.29, 1.82) is 0 Å². The first-order valence-corrected chi connectivity index (χ1v) is 4.36. The van der Waals surface area contributed by atoms with Crippen LogP contribution in [0.1, 0.15) is 0 Å². The summed E-state index contributed by atoms with van der Waals surface area (Å²) in [5.41, 5.74) is 0. The Morgan fingerprint density at radius 2 is 1.92 bits per heavy atom. The van der Waals surface area contributed by atoms with Gasteiger partial charge in [0.15, 0.2) is 5.78 Å². The molecule has 2 N–H and O–H groups in total. The maximum atomic E-state index is 10.5. The van der Waals surface area contributed by atoms with Crippen LogP contribution in [0, 0.1) is 0 Å². The molecule has 0 fully saturated rings. The molecule has 0 amide bonds. The van der Waals surface area contributed by atoms with Crippen LogP contribution in [0.5, 0.6) is 0 Å². The summed E-state index contributed by atoms with van der Waals surface area (Å²) in [6.45, 7) is -0.566. The molecule has 0 spiro atoms. The van der Waals surface area contributed by atoms with Crippen LogP contribution in [-0.2, 0) is 14.2 Å². The van der Waals surface area contributed by atoms with Crippen molar-refractivity contribution in [1.82, 2.24) is 0 Å². The second-order valence-corrected chi connectivity index (χ2v) is 3.50. The smallest absolute Gasteiger partial charge is 0.323 e. The van der Waals surface area contributed by atoms with Crippen molar-refractivity contribution in [2.45, 2.75) is 5.78 Å². The number of nitrogens with zero attached hydrogens (tertiary/aromatic N) is 2. The molecule has 0 aromatic carbocycles. The van der Waals surface area contributed by atoms with E-state index in [0.717, 1.165) is 12.2 Å². The SMILES string of the molecule is O=C=NCC(N=C=O)P(=O)(O)O. The fraction of sp³-hybridized carbons (Fsp3) is 0.500. The third kappa shape index (κ3) is 3.93. The zero-order chi connectivity index (χ0) is 9.61. The monoisotopic (exact) mass is 192 g/mol. The van der Waals surface area contributed by atoms with Gasteiger partial charge in [0.05, 0.1) is 6.54 Å². The van der Waals surface area contributed by atoms with E-state index in [-0.39, 0.29) is 0 Å². The van der Waals surface area contributed by atoms with E-state index in [9.17, 15) is 14.2 Å². The molecule has 7 nitrogen and oxygen atoms in total. The van der Waals surface area contributed by atoms with Crippen LogP contribution in [0.2, 0.25) is 0 Å². The summed E-state index contributed by atoms with van der Waals surface area (Å²) in [5, 5.41) is 0. The quantitative estimate of drug-likeness (QED) is 0.342. The number of aliphatic imine (C=N–C) groups is 2. The van der Waals surface area contributed by atoms with Gasteiger partial charge in [-0.15, -0.1) is 0 Å². The molecule has 0 saturated heterocycles. The van der Waals surface area contributed by atoms with Crippen molar-refractivity contribution in [3.8, 4) is 0 Å². The van der Waals surface area contributed by atoms with Crippen molar-refractivity contribution < 1.29 is 23.9 Å². The Bertz CT molecular complexity index is 284. The van der Waals surface area contributed by atoms with Crippen LogP contribution in [-0.4, -0.2) is 34.3 Å². The van der Waals surface area contributed by atoms with Gasteiger partial charge >= 0.3 is 7.60 Å². The van der Waals surface area contributed by atoms with Gasteiger partial charge in [0.2, 0.25) is 12.2 Å². The molecule has 12 heavy (non-hydrogen) atoms. The zero-order valence-electron chi connectivity index (χ0n) is 5.75. The van der Waals surface area contributed by atoms with Crippen molar-refractivity contribution in [3.63, 3.8) is 0 Å². The van der Waals surface area contributed by atoms with Gasteiger partial charge in [0.25, 0.3) is 0 Å². The molecule has 0 aliphatic rings. The summed E-state index contributed by atoms with van der Waals surface area (Å²) in [5.74, 6) is -1.63. The van der Waals surface area contributed by atoms with Gasteiger partial charge in [0.1, 0.15) is 0 Å². The molecule has 0 aliphatic heterocycles. The third-order valence-corrected chi connectivity index (χ3v) is 1.96. The molecule has 0 radical (unpaired) electrons. The van der Waals surface area contributed by atoms with Gasteiger partial charge in [0, 0.05) is 0 Å². The molecule has 8 heteroatoms. The minimum Gasteiger partial charge on any atom is -0.323 e. The summed E-state index contributed by atoms with van der Waals surface area (Å²) in [6, 6.07) is 0. The van der Waals surface area contributed by atoms with Crippen LogP contribution in [0.15, 0.2) is 9.98 Å². The molecule has 0 heterocycles. The van der Waals surface area contributed by atoms with E-state index < -0.39 is 19.9 Å². The van der Waals surface area contributed by atoms with E-state index in [4.69, 9.17) is 9.79 Å². The fourth-order valence-electron chi connectivity index (χ4n) is 0.402. The summed E-state index contributed by atoms with van der Waals surface area (Å²) in [7, 11) is -4.52. The standard InChI is InChI=1S/C4H5N2O5P/c7-2-5-1-4(6-3-8)12(9,10)11/h4H,1H2,(H2,9,10,11). The van der Waals surface area contributed by atoms with E-state index in [2.05, 4.69) is 9.98 Å². The first-order chi connectivity index (χ1) is 5.52. The van der Waals surface area contributed by atoms with E-state index in [1.54, 1.807) is 0 Å². The lowest BCUT2D eigenvalue weighted by molar-refractivity contribution is 0.359. The summed E-state index contributed by atoms with van der Waals surface area (Å²) < 4.78 is 10.5. The molecule has 0 aromatic rings. The molecule has 0 aromatic heterocycles. The first-order valence-electron chi connectivity index (χ1n) is 2.68. The summed E-state index contributed by atoms with van der Waals surface area (Å²) in [6.07, 6.45) is 2.05. The van der Waals surface area contributed by atoms with Gasteiger partial charge in [-0.2, -0.15) is 4.99 Å². The highest BCUT2D eigenvalue weighted by molar-refractivity contribution is 7.52. The van der Waals surface area contributed by atoms with E-state index in [1.165, 1.54) is 0 Å². The van der Waals surface area contributed by atoms with Crippen molar-refractivity contribution in [2.24, 2.45) is 9.98 Å². The van der Waals surface area contributed by atoms with Gasteiger partial charge in [-0.25, -0.2) is 14.6 Å². The number of rotatable bonds is 4. The lowest BCUT2D eigenvalue weighted by atomic mass is 10.6. The highest BCUT2D eigenvalue weighted by Gasteiger charge is 2.28. The molecule has 0 bridgehead atoms. The number of carbonyl (C=O) groups excluding carboxylic acids is 2. The first kappa shape index (κ1) is 10.9. The molecule has 66 valence electrons.